The van der Waals surface area contributed by atoms with Gasteiger partial charge in [0.2, 0.25) is 0 Å². The molecule has 5 nitrogen and oxygen atoms in total. The summed E-state index contributed by atoms with van der Waals surface area (Å²) >= 11 is 3.39. The molecule has 6 heteroatoms. The third kappa shape index (κ3) is 3.42. The Morgan fingerprint density at radius 3 is 2.46 bits per heavy atom. The molecule has 138 valence electrons. The van der Waals surface area contributed by atoms with Gasteiger partial charge in [-0.2, -0.15) is 0 Å². The Kier molecular flexibility index (Phi) is 4.71. The number of aromatic hydroxyl groups is 2. The van der Waals surface area contributed by atoms with E-state index in [1.165, 1.54) is 16.7 Å². The number of fused-ring (bicyclic) bond motifs is 1. The number of benzene rings is 3. The highest BCUT2D eigenvalue weighted by atomic mass is 79.9. The van der Waals surface area contributed by atoms with Crippen LogP contribution in [0.25, 0.3) is 28.7 Å². The lowest BCUT2D eigenvalue weighted by Gasteiger charge is -2.11. The summed E-state index contributed by atoms with van der Waals surface area (Å²) in [5.41, 5.74) is 1.54. The Morgan fingerprint density at radius 1 is 0.929 bits per heavy atom. The van der Waals surface area contributed by atoms with Crippen molar-refractivity contribution in [2.75, 3.05) is 0 Å². The lowest BCUT2D eigenvalue weighted by atomic mass is 10.1. The fourth-order valence-electron chi connectivity index (χ4n) is 2.94. The minimum Gasteiger partial charge on any atom is -0.508 e. The van der Waals surface area contributed by atoms with Gasteiger partial charge < -0.3 is 10.2 Å². The number of aromatic nitrogens is 2. The maximum absolute atomic E-state index is 13.1. The lowest BCUT2D eigenvalue weighted by molar-refractivity contribution is 0.473. The number of hydrogen-bond donors (Lipinski definition) is 2. The van der Waals surface area contributed by atoms with Crippen LogP contribution in [-0.2, 0) is 0 Å². The first-order valence-corrected chi connectivity index (χ1v) is 9.30. The smallest absolute Gasteiger partial charge is 0.266 e. The van der Waals surface area contributed by atoms with Gasteiger partial charge in [0.1, 0.15) is 17.3 Å². The molecule has 28 heavy (non-hydrogen) atoms. The number of phenolic OH excluding ortho intramolecular Hbond substituents is 2. The molecule has 0 saturated heterocycles. The molecule has 0 aliphatic rings. The second kappa shape index (κ2) is 7.32. The van der Waals surface area contributed by atoms with E-state index in [1.54, 1.807) is 60.7 Å². The summed E-state index contributed by atoms with van der Waals surface area (Å²) in [5.74, 6) is 0.647. The molecular weight excluding hydrogens is 420 g/mol. The zero-order chi connectivity index (χ0) is 19.7. The molecule has 0 radical (unpaired) electrons. The van der Waals surface area contributed by atoms with E-state index in [9.17, 15) is 15.0 Å². The first-order chi connectivity index (χ1) is 13.5. The van der Waals surface area contributed by atoms with Crippen LogP contribution in [0.1, 0.15) is 11.4 Å². The van der Waals surface area contributed by atoms with Crippen molar-refractivity contribution in [3.05, 3.63) is 92.9 Å². The minimum atomic E-state index is -0.214. The summed E-state index contributed by atoms with van der Waals surface area (Å²) in [6.45, 7) is 0. The highest BCUT2D eigenvalue weighted by Gasteiger charge is 2.11. The average molecular weight is 435 g/mol. The quantitative estimate of drug-likeness (QED) is 0.488. The molecule has 0 fully saturated rings. The maximum atomic E-state index is 13.1. The van der Waals surface area contributed by atoms with Crippen LogP contribution in [0.3, 0.4) is 0 Å². The number of rotatable bonds is 3. The standard InChI is InChI=1S/C22H15BrN2O3/c23-15-6-11-20(27)14(13-15)5-12-21-24-19-4-2-1-3-18(19)22(28)25(21)16-7-9-17(26)10-8-16/h1-13,26-27H/b12-5-. The Labute approximate surface area is 169 Å². The van der Waals surface area contributed by atoms with E-state index in [-0.39, 0.29) is 17.1 Å². The van der Waals surface area contributed by atoms with Gasteiger partial charge in [-0.1, -0.05) is 28.1 Å². The van der Waals surface area contributed by atoms with Gasteiger partial charge >= 0.3 is 0 Å². The van der Waals surface area contributed by atoms with Gasteiger partial charge in [0.25, 0.3) is 5.56 Å². The summed E-state index contributed by atoms with van der Waals surface area (Å²) < 4.78 is 2.31. The Morgan fingerprint density at radius 2 is 1.68 bits per heavy atom. The zero-order valence-corrected chi connectivity index (χ0v) is 16.2. The lowest BCUT2D eigenvalue weighted by Crippen LogP contribution is -2.22. The number of nitrogens with zero attached hydrogens (tertiary/aromatic N) is 2. The van der Waals surface area contributed by atoms with Gasteiger partial charge in [0, 0.05) is 10.0 Å². The topological polar surface area (TPSA) is 75.3 Å². The van der Waals surface area contributed by atoms with Gasteiger partial charge in [0.15, 0.2) is 0 Å². The Hall–Kier alpha value is -3.38. The largest absolute Gasteiger partial charge is 0.508 e. The van der Waals surface area contributed by atoms with E-state index in [1.807, 2.05) is 6.07 Å². The SMILES string of the molecule is O=c1c2ccccc2nc(/C=C\c2cc(Br)ccc2O)n1-c1ccc(O)cc1. The van der Waals surface area contributed by atoms with Crippen LogP contribution in [-0.4, -0.2) is 19.8 Å². The minimum absolute atomic E-state index is 0.113. The molecule has 0 spiro atoms. The summed E-state index contributed by atoms with van der Waals surface area (Å²) in [5, 5.41) is 20.1. The molecule has 4 aromatic rings. The van der Waals surface area contributed by atoms with Crippen molar-refractivity contribution in [3.63, 3.8) is 0 Å². The van der Waals surface area contributed by atoms with Gasteiger partial charge in [-0.25, -0.2) is 4.98 Å². The number of phenols is 2. The van der Waals surface area contributed by atoms with Crippen molar-refractivity contribution in [2.45, 2.75) is 0 Å². The van der Waals surface area contributed by atoms with Gasteiger partial charge in [-0.3, -0.25) is 9.36 Å². The van der Waals surface area contributed by atoms with E-state index in [4.69, 9.17) is 0 Å². The first-order valence-electron chi connectivity index (χ1n) is 8.51. The molecule has 0 aliphatic heterocycles. The molecule has 2 N–H and O–H groups in total. The summed E-state index contributed by atoms with van der Waals surface area (Å²) in [7, 11) is 0. The van der Waals surface area contributed by atoms with Crippen molar-refractivity contribution < 1.29 is 10.2 Å². The summed E-state index contributed by atoms with van der Waals surface area (Å²) in [4.78, 5) is 17.8. The van der Waals surface area contributed by atoms with Crippen LogP contribution in [0, 0.1) is 0 Å². The van der Waals surface area contributed by atoms with Crippen molar-refractivity contribution in [3.8, 4) is 17.2 Å². The van der Waals surface area contributed by atoms with E-state index >= 15 is 0 Å². The number of halogens is 1. The van der Waals surface area contributed by atoms with Crippen molar-refractivity contribution in [2.24, 2.45) is 0 Å². The fourth-order valence-corrected chi connectivity index (χ4v) is 3.31. The number of hydrogen-bond acceptors (Lipinski definition) is 4. The molecule has 3 aromatic carbocycles. The molecule has 1 heterocycles. The monoisotopic (exact) mass is 434 g/mol. The fraction of sp³-hybridized carbons (Fsp3) is 0. The van der Waals surface area contributed by atoms with Crippen LogP contribution in [0.2, 0.25) is 0 Å². The molecule has 0 saturated carbocycles. The molecule has 0 amide bonds. The van der Waals surface area contributed by atoms with Crippen LogP contribution in [0.5, 0.6) is 11.5 Å². The van der Waals surface area contributed by atoms with Crippen molar-refractivity contribution in [1.29, 1.82) is 0 Å². The van der Waals surface area contributed by atoms with Gasteiger partial charge in [-0.05, 0) is 66.7 Å². The Balaban J connectivity index is 1.94. The summed E-state index contributed by atoms with van der Waals surface area (Å²) in [6, 6.07) is 18.6. The van der Waals surface area contributed by atoms with Crippen LogP contribution >= 0.6 is 15.9 Å². The predicted molar refractivity (Wildman–Crippen MR) is 114 cm³/mol. The maximum Gasteiger partial charge on any atom is 0.266 e. The van der Waals surface area contributed by atoms with E-state index in [2.05, 4.69) is 20.9 Å². The van der Waals surface area contributed by atoms with E-state index in [0.29, 0.717) is 28.0 Å². The number of para-hydroxylation sites is 1. The molecule has 0 unspecified atom stereocenters. The third-order valence-corrected chi connectivity index (χ3v) is 4.80. The predicted octanol–water partition coefficient (Wildman–Crippen LogP) is 4.73. The first kappa shape index (κ1) is 18.0. The second-order valence-electron chi connectivity index (χ2n) is 6.18. The van der Waals surface area contributed by atoms with Gasteiger partial charge in [0.05, 0.1) is 16.6 Å². The molecular formula is C22H15BrN2O3. The highest BCUT2D eigenvalue weighted by Crippen LogP contribution is 2.24. The molecule has 4 rings (SSSR count). The van der Waals surface area contributed by atoms with E-state index < -0.39 is 0 Å². The highest BCUT2D eigenvalue weighted by molar-refractivity contribution is 9.10. The van der Waals surface area contributed by atoms with Crippen LogP contribution in [0.4, 0.5) is 0 Å². The second-order valence-corrected chi connectivity index (χ2v) is 7.10. The zero-order valence-electron chi connectivity index (χ0n) is 14.6. The molecule has 0 aliphatic carbocycles. The third-order valence-electron chi connectivity index (χ3n) is 4.31. The molecule has 0 atom stereocenters. The average Bonchev–Trinajstić information content (AvgIpc) is 2.70. The van der Waals surface area contributed by atoms with Gasteiger partial charge in [-0.15, -0.1) is 0 Å². The Bertz CT molecular complexity index is 1260. The van der Waals surface area contributed by atoms with Crippen molar-refractivity contribution >= 4 is 39.0 Å². The van der Waals surface area contributed by atoms with Crippen LogP contribution < -0.4 is 5.56 Å². The van der Waals surface area contributed by atoms with Crippen molar-refractivity contribution in [1.82, 2.24) is 9.55 Å². The molecule has 1 aromatic heterocycles. The van der Waals surface area contributed by atoms with E-state index in [0.717, 1.165) is 4.47 Å². The normalized spacial score (nSPS) is 11.3. The van der Waals surface area contributed by atoms with Crippen LogP contribution in [0.15, 0.2) is 76.0 Å². The molecule has 0 bridgehead atoms. The summed E-state index contributed by atoms with van der Waals surface area (Å²) in [6.07, 6.45) is 3.38.